The summed E-state index contributed by atoms with van der Waals surface area (Å²) in [6, 6.07) is 14.7. The summed E-state index contributed by atoms with van der Waals surface area (Å²) in [6.07, 6.45) is -0.881. The van der Waals surface area contributed by atoms with E-state index in [0.29, 0.717) is 24.2 Å². The maximum atomic E-state index is 12.5. The number of carbonyl (C=O) groups excluding carboxylic acids is 2. The van der Waals surface area contributed by atoms with Gasteiger partial charge in [-0.1, -0.05) is 35.5 Å². The maximum absolute atomic E-state index is 12.5. The Morgan fingerprint density at radius 3 is 2.63 bits per heavy atom. The third-order valence-corrected chi connectivity index (χ3v) is 4.32. The highest BCUT2D eigenvalue weighted by Gasteiger charge is 2.22. The first-order chi connectivity index (χ1) is 13.0. The molecular weight excluding hydrogens is 344 g/mol. The van der Waals surface area contributed by atoms with E-state index in [4.69, 9.17) is 4.74 Å². The lowest BCUT2D eigenvalue weighted by atomic mass is 10.2. The number of fused-ring (bicyclic) bond motifs is 1. The van der Waals surface area contributed by atoms with Crippen molar-refractivity contribution in [3.8, 4) is 0 Å². The number of benzene rings is 2. The molecule has 140 valence electrons. The highest BCUT2D eigenvalue weighted by molar-refractivity contribution is 5.95. The molecule has 27 heavy (non-hydrogen) atoms. The van der Waals surface area contributed by atoms with Crippen LogP contribution in [-0.2, 0) is 22.6 Å². The largest absolute Gasteiger partial charge is 0.449 e. The minimum atomic E-state index is -0.881. The van der Waals surface area contributed by atoms with E-state index in [-0.39, 0.29) is 5.91 Å². The number of rotatable bonds is 6. The SMILES string of the molecule is CCn1nnc2cc(C(=O)O[C@H](C)C(=O)N(C)Cc3ccccc3)ccc21. The average molecular weight is 366 g/mol. The zero-order valence-corrected chi connectivity index (χ0v) is 15.6. The van der Waals surface area contributed by atoms with E-state index in [2.05, 4.69) is 10.3 Å². The molecule has 0 saturated heterocycles. The summed E-state index contributed by atoms with van der Waals surface area (Å²) < 4.78 is 7.10. The predicted octanol–water partition coefficient (Wildman–Crippen LogP) is 2.66. The first-order valence-corrected chi connectivity index (χ1v) is 8.82. The van der Waals surface area contributed by atoms with Crippen LogP contribution in [0.5, 0.6) is 0 Å². The fraction of sp³-hybridized carbons (Fsp3) is 0.300. The van der Waals surface area contributed by atoms with Crippen LogP contribution >= 0.6 is 0 Å². The first-order valence-electron chi connectivity index (χ1n) is 8.82. The van der Waals surface area contributed by atoms with Crippen LogP contribution in [0, 0.1) is 0 Å². The molecule has 1 heterocycles. The molecule has 7 heteroatoms. The van der Waals surface area contributed by atoms with Gasteiger partial charge in [-0.25, -0.2) is 9.48 Å². The van der Waals surface area contributed by atoms with Crippen molar-refractivity contribution in [2.45, 2.75) is 33.0 Å². The summed E-state index contributed by atoms with van der Waals surface area (Å²) in [6.45, 7) is 4.69. The van der Waals surface area contributed by atoms with Crippen LogP contribution in [0.4, 0.5) is 0 Å². The molecule has 2 aromatic carbocycles. The molecule has 0 spiro atoms. The van der Waals surface area contributed by atoms with Crippen LogP contribution in [0.2, 0.25) is 0 Å². The van der Waals surface area contributed by atoms with E-state index in [9.17, 15) is 9.59 Å². The van der Waals surface area contributed by atoms with Gasteiger partial charge >= 0.3 is 5.97 Å². The van der Waals surface area contributed by atoms with Gasteiger partial charge < -0.3 is 9.64 Å². The quantitative estimate of drug-likeness (QED) is 0.627. The van der Waals surface area contributed by atoms with E-state index < -0.39 is 12.1 Å². The zero-order valence-electron chi connectivity index (χ0n) is 15.6. The molecule has 0 saturated carbocycles. The number of nitrogens with zero attached hydrogens (tertiary/aromatic N) is 4. The van der Waals surface area contributed by atoms with Crippen LogP contribution in [0.1, 0.15) is 29.8 Å². The van der Waals surface area contributed by atoms with Crippen molar-refractivity contribution >= 4 is 22.9 Å². The minimum absolute atomic E-state index is 0.259. The number of hydrogen-bond acceptors (Lipinski definition) is 5. The second-order valence-corrected chi connectivity index (χ2v) is 6.34. The molecule has 0 aliphatic carbocycles. The van der Waals surface area contributed by atoms with Crippen molar-refractivity contribution < 1.29 is 14.3 Å². The van der Waals surface area contributed by atoms with Gasteiger partial charge in [0.1, 0.15) is 5.52 Å². The Kier molecular flexibility index (Phi) is 5.49. The maximum Gasteiger partial charge on any atom is 0.338 e. The van der Waals surface area contributed by atoms with Crippen molar-refractivity contribution in [3.63, 3.8) is 0 Å². The topological polar surface area (TPSA) is 77.3 Å². The van der Waals surface area contributed by atoms with Gasteiger partial charge in [0, 0.05) is 20.1 Å². The molecule has 1 aromatic heterocycles. The van der Waals surface area contributed by atoms with Crippen molar-refractivity contribution in [2.24, 2.45) is 0 Å². The Morgan fingerprint density at radius 1 is 1.19 bits per heavy atom. The summed E-state index contributed by atoms with van der Waals surface area (Å²) >= 11 is 0. The molecule has 0 aliphatic heterocycles. The lowest BCUT2D eigenvalue weighted by Gasteiger charge is -2.21. The number of carbonyl (C=O) groups is 2. The zero-order chi connectivity index (χ0) is 19.4. The number of esters is 1. The van der Waals surface area contributed by atoms with Gasteiger partial charge in [0.15, 0.2) is 6.10 Å². The first kappa shape index (κ1) is 18.6. The lowest BCUT2D eigenvalue weighted by molar-refractivity contribution is -0.139. The smallest absolute Gasteiger partial charge is 0.338 e. The Hall–Kier alpha value is -3.22. The van der Waals surface area contributed by atoms with Crippen LogP contribution in [0.3, 0.4) is 0 Å². The van der Waals surface area contributed by atoms with E-state index in [1.54, 1.807) is 41.8 Å². The molecule has 0 bridgehead atoms. The number of aromatic nitrogens is 3. The molecule has 0 radical (unpaired) electrons. The van der Waals surface area contributed by atoms with Gasteiger partial charge in [0.2, 0.25) is 0 Å². The molecule has 3 rings (SSSR count). The van der Waals surface area contributed by atoms with Crippen molar-refractivity contribution in [1.29, 1.82) is 0 Å². The lowest BCUT2D eigenvalue weighted by Crippen LogP contribution is -2.37. The molecule has 0 aliphatic rings. The molecule has 1 atom stereocenters. The van der Waals surface area contributed by atoms with Crippen molar-refractivity contribution in [2.75, 3.05) is 7.05 Å². The fourth-order valence-corrected chi connectivity index (χ4v) is 2.86. The van der Waals surface area contributed by atoms with E-state index >= 15 is 0 Å². The number of amides is 1. The normalized spacial score (nSPS) is 12.0. The molecule has 3 aromatic rings. The summed E-state index contributed by atoms with van der Waals surface area (Å²) in [7, 11) is 1.69. The number of ether oxygens (including phenoxy) is 1. The fourth-order valence-electron chi connectivity index (χ4n) is 2.86. The Bertz CT molecular complexity index is 952. The van der Waals surface area contributed by atoms with E-state index in [1.807, 2.05) is 37.3 Å². The van der Waals surface area contributed by atoms with Gasteiger partial charge in [-0.05, 0) is 37.6 Å². The second kappa shape index (κ2) is 7.99. The van der Waals surface area contributed by atoms with Crippen molar-refractivity contribution in [1.82, 2.24) is 19.9 Å². The second-order valence-electron chi connectivity index (χ2n) is 6.34. The Balaban J connectivity index is 1.65. The Morgan fingerprint density at radius 2 is 1.93 bits per heavy atom. The van der Waals surface area contributed by atoms with Gasteiger partial charge in [-0.15, -0.1) is 5.10 Å². The van der Waals surface area contributed by atoms with E-state index in [0.717, 1.165) is 11.1 Å². The van der Waals surface area contributed by atoms with Crippen LogP contribution in [0.15, 0.2) is 48.5 Å². The number of likely N-dealkylation sites (N-methyl/N-ethyl adjacent to an activating group) is 1. The molecule has 0 N–H and O–H groups in total. The van der Waals surface area contributed by atoms with Gasteiger partial charge in [0.05, 0.1) is 11.1 Å². The third-order valence-electron chi connectivity index (χ3n) is 4.32. The van der Waals surface area contributed by atoms with Crippen LogP contribution in [0.25, 0.3) is 11.0 Å². The van der Waals surface area contributed by atoms with Gasteiger partial charge in [0.25, 0.3) is 5.91 Å². The molecule has 7 nitrogen and oxygen atoms in total. The molecule has 0 unspecified atom stereocenters. The van der Waals surface area contributed by atoms with Gasteiger partial charge in [-0.3, -0.25) is 4.79 Å². The Labute approximate surface area is 157 Å². The third kappa shape index (κ3) is 4.13. The summed E-state index contributed by atoms with van der Waals surface area (Å²) in [5, 5.41) is 8.07. The standard InChI is InChI=1S/C20H22N4O3/c1-4-24-18-11-10-16(12-17(18)21-22-24)20(26)27-14(2)19(25)23(3)13-15-8-6-5-7-9-15/h5-12,14H,4,13H2,1-3H3/t14-/m1/s1. The van der Waals surface area contributed by atoms with Crippen LogP contribution < -0.4 is 0 Å². The monoisotopic (exact) mass is 366 g/mol. The number of aryl methyl sites for hydroxylation is 1. The van der Waals surface area contributed by atoms with E-state index in [1.165, 1.54) is 0 Å². The highest BCUT2D eigenvalue weighted by Crippen LogP contribution is 2.15. The number of hydrogen-bond donors (Lipinski definition) is 0. The van der Waals surface area contributed by atoms with Crippen molar-refractivity contribution in [3.05, 3.63) is 59.7 Å². The summed E-state index contributed by atoms with van der Waals surface area (Å²) in [5.74, 6) is -0.817. The van der Waals surface area contributed by atoms with Crippen LogP contribution in [-0.4, -0.2) is 44.9 Å². The minimum Gasteiger partial charge on any atom is -0.449 e. The predicted molar refractivity (Wildman–Crippen MR) is 101 cm³/mol. The van der Waals surface area contributed by atoms with Gasteiger partial charge in [-0.2, -0.15) is 0 Å². The highest BCUT2D eigenvalue weighted by atomic mass is 16.5. The molecule has 0 fully saturated rings. The summed E-state index contributed by atoms with van der Waals surface area (Å²) in [4.78, 5) is 26.4. The average Bonchev–Trinajstić information content (AvgIpc) is 3.10. The molecule has 1 amide bonds. The summed E-state index contributed by atoms with van der Waals surface area (Å²) in [5.41, 5.74) is 2.82. The molecular formula is C20H22N4O3.